The molecular weight excluding hydrogens is 323 g/mol. The molecule has 1 aromatic carbocycles. The number of nitrogen functional groups attached to an aromatic ring is 1. The van der Waals surface area contributed by atoms with Crippen molar-refractivity contribution in [3.05, 3.63) is 44.9 Å². The minimum Gasteiger partial charge on any atom is -0.396 e. The van der Waals surface area contributed by atoms with E-state index < -0.39 is 20.7 Å². The van der Waals surface area contributed by atoms with Gasteiger partial charge in [-0.1, -0.05) is 11.6 Å². The highest BCUT2D eigenvalue weighted by atomic mass is 35.5. The SMILES string of the molecule is Cc1cscc1CNS(=O)(=O)c1cc(Cl)cc(N)c1F. The Morgan fingerprint density at radius 1 is 1.40 bits per heavy atom. The molecule has 0 saturated carbocycles. The molecule has 0 amide bonds. The van der Waals surface area contributed by atoms with Crippen LogP contribution < -0.4 is 10.5 Å². The number of thiophene rings is 1. The largest absolute Gasteiger partial charge is 0.396 e. The summed E-state index contributed by atoms with van der Waals surface area (Å²) in [6.45, 7) is 1.96. The lowest BCUT2D eigenvalue weighted by Gasteiger charge is -2.09. The van der Waals surface area contributed by atoms with Crippen LogP contribution in [-0.4, -0.2) is 8.42 Å². The summed E-state index contributed by atoms with van der Waals surface area (Å²) in [6, 6.07) is 2.20. The Morgan fingerprint density at radius 3 is 2.70 bits per heavy atom. The van der Waals surface area contributed by atoms with Gasteiger partial charge < -0.3 is 5.73 Å². The maximum absolute atomic E-state index is 13.8. The third kappa shape index (κ3) is 3.12. The molecule has 3 N–H and O–H groups in total. The minimum atomic E-state index is -4.01. The van der Waals surface area contributed by atoms with Gasteiger partial charge in [0.05, 0.1) is 5.69 Å². The standard InChI is InChI=1S/C12H12ClFN2O2S2/c1-7-5-19-6-8(7)4-16-20(17,18)11-3-9(13)2-10(15)12(11)14/h2-3,5-6,16H,4,15H2,1H3. The quantitative estimate of drug-likeness (QED) is 0.844. The third-order valence-corrected chi connectivity index (χ3v) is 5.26. The summed E-state index contributed by atoms with van der Waals surface area (Å²) in [4.78, 5) is -0.546. The number of halogens is 2. The summed E-state index contributed by atoms with van der Waals surface area (Å²) in [5.41, 5.74) is 6.90. The first-order chi connectivity index (χ1) is 9.31. The zero-order valence-corrected chi connectivity index (χ0v) is 12.9. The first-order valence-corrected chi connectivity index (χ1v) is 8.37. The van der Waals surface area contributed by atoms with Crippen LogP contribution in [0.2, 0.25) is 5.02 Å². The van der Waals surface area contributed by atoms with Gasteiger partial charge in [0.2, 0.25) is 10.0 Å². The predicted octanol–water partition coefficient (Wildman–Crippen LogP) is 2.91. The fourth-order valence-electron chi connectivity index (χ4n) is 1.60. The van der Waals surface area contributed by atoms with E-state index >= 15 is 0 Å². The van der Waals surface area contributed by atoms with E-state index in [1.165, 1.54) is 17.4 Å². The Kier molecular flexibility index (Phi) is 4.33. The first-order valence-electron chi connectivity index (χ1n) is 5.57. The van der Waals surface area contributed by atoms with E-state index in [2.05, 4.69) is 4.72 Å². The highest BCUT2D eigenvalue weighted by Gasteiger charge is 2.21. The van der Waals surface area contributed by atoms with E-state index in [9.17, 15) is 12.8 Å². The second-order valence-corrected chi connectivity index (χ2v) is 7.13. The Balaban J connectivity index is 2.29. The van der Waals surface area contributed by atoms with Crippen LogP contribution >= 0.6 is 22.9 Å². The van der Waals surface area contributed by atoms with Gasteiger partial charge in [0.1, 0.15) is 4.90 Å². The third-order valence-electron chi connectivity index (χ3n) is 2.74. The number of sulfonamides is 1. The molecule has 0 atom stereocenters. The van der Waals surface area contributed by atoms with E-state index in [1.54, 1.807) is 0 Å². The van der Waals surface area contributed by atoms with Crippen molar-refractivity contribution in [1.29, 1.82) is 0 Å². The number of anilines is 1. The number of benzene rings is 1. The van der Waals surface area contributed by atoms with Gasteiger partial charge in [-0.2, -0.15) is 11.3 Å². The zero-order chi connectivity index (χ0) is 14.9. The molecule has 0 aliphatic carbocycles. The van der Waals surface area contributed by atoms with Gasteiger partial charge in [-0.05, 0) is 40.9 Å². The molecule has 0 aliphatic heterocycles. The van der Waals surface area contributed by atoms with Crippen LogP contribution in [0.15, 0.2) is 27.8 Å². The van der Waals surface area contributed by atoms with E-state index in [0.717, 1.165) is 17.2 Å². The number of rotatable bonds is 4. The summed E-state index contributed by atoms with van der Waals surface area (Å²) in [5.74, 6) is -0.996. The first kappa shape index (κ1) is 15.2. The van der Waals surface area contributed by atoms with E-state index in [0.29, 0.717) is 0 Å². The zero-order valence-electron chi connectivity index (χ0n) is 10.5. The van der Waals surface area contributed by atoms with Crippen LogP contribution in [0.3, 0.4) is 0 Å². The van der Waals surface area contributed by atoms with E-state index in [1.807, 2.05) is 17.7 Å². The van der Waals surface area contributed by atoms with Crippen molar-refractivity contribution in [3.8, 4) is 0 Å². The molecule has 0 unspecified atom stereocenters. The maximum atomic E-state index is 13.8. The van der Waals surface area contributed by atoms with Crippen molar-refractivity contribution in [2.45, 2.75) is 18.4 Å². The molecule has 0 saturated heterocycles. The van der Waals surface area contributed by atoms with Gasteiger partial charge in [0.25, 0.3) is 0 Å². The van der Waals surface area contributed by atoms with E-state index in [-0.39, 0.29) is 17.3 Å². The summed E-state index contributed by atoms with van der Waals surface area (Å²) in [6.07, 6.45) is 0. The Bertz CT molecular complexity index is 744. The van der Waals surface area contributed by atoms with Gasteiger partial charge in [0, 0.05) is 11.6 Å². The molecule has 0 bridgehead atoms. The van der Waals surface area contributed by atoms with Crippen LogP contribution in [0, 0.1) is 12.7 Å². The van der Waals surface area contributed by atoms with Gasteiger partial charge in [0.15, 0.2) is 5.82 Å². The fourth-order valence-corrected chi connectivity index (χ4v) is 3.88. The Hall–Kier alpha value is -1.15. The van der Waals surface area contributed by atoms with Crippen LogP contribution in [-0.2, 0) is 16.6 Å². The van der Waals surface area contributed by atoms with E-state index in [4.69, 9.17) is 17.3 Å². The molecule has 20 heavy (non-hydrogen) atoms. The maximum Gasteiger partial charge on any atom is 0.243 e. The molecular formula is C12H12ClFN2O2S2. The number of hydrogen-bond acceptors (Lipinski definition) is 4. The minimum absolute atomic E-state index is 0.0657. The molecule has 2 rings (SSSR count). The average molecular weight is 335 g/mol. The Labute approximate surface area is 125 Å². The van der Waals surface area contributed by atoms with Gasteiger partial charge >= 0.3 is 0 Å². The molecule has 1 aromatic heterocycles. The van der Waals surface area contributed by atoms with Gasteiger partial charge in [-0.3, -0.25) is 0 Å². The molecule has 4 nitrogen and oxygen atoms in total. The molecule has 1 heterocycles. The molecule has 0 fully saturated rings. The van der Waals surface area contributed by atoms with Gasteiger partial charge in [-0.15, -0.1) is 0 Å². The highest BCUT2D eigenvalue weighted by Crippen LogP contribution is 2.25. The molecule has 0 spiro atoms. The summed E-state index contributed by atoms with van der Waals surface area (Å²) >= 11 is 7.19. The molecule has 0 aliphatic rings. The molecule has 0 radical (unpaired) electrons. The van der Waals surface area contributed by atoms with Crippen LogP contribution in [0.1, 0.15) is 11.1 Å². The second kappa shape index (κ2) is 5.69. The lowest BCUT2D eigenvalue weighted by molar-refractivity contribution is 0.558. The smallest absolute Gasteiger partial charge is 0.243 e. The molecule has 8 heteroatoms. The van der Waals surface area contributed by atoms with Crippen molar-refractivity contribution in [2.75, 3.05) is 5.73 Å². The number of nitrogens with two attached hydrogens (primary N) is 1. The molecule has 2 aromatic rings. The highest BCUT2D eigenvalue weighted by molar-refractivity contribution is 7.89. The second-order valence-electron chi connectivity index (χ2n) is 4.21. The van der Waals surface area contributed by atoms with Crippen molar-refractivity contribution in [2.24, 2.45) is 0 Å². The normalized spacial score (nSPS) is 11.8. The fraction of sp³-hybridized carbons (Fsp3) is 0.167. The summed E-state index contributed by atoms with van der Waals surface area (Å²) < 4.78 is 40.4. The lowest BCUT2D eigenvalue weighted by Crippen LogP contribution is -2.24. The van der Waals surface area contributed by atoms with Crippen molar-refractivity contribution >= 4 is 38.6 Å². The summed E-state index contributed by atoms with van der Waals surface area (Å²) in [7, 11) is -4.01. The predicted molar refractivity (Wildman–Crippen MR) is 78.9 cm³/mol. The Morgan fingerprint density at radius 2 is 2.10 bits per heavy atom. The number of nitrogens with one attached hydrogen (secondary N) is 1. The monoisotopic (exact) mass is 334 g/mol. The topological polar surface area (TPSA) is 72.2 Å². The van der Waals surface area contributed by atoms with Gasteiger partial charge in [-0.25, -0.2) is 17.5 Å². The number of hydrogen-bond donors (Lipinski definition) is 2. The van der Waals surface area contributed by atoms with Crippen LogP contribution in [0.4, 0.5) is 10.1 Å². The van der Waals surface area contributed by atoms with Crippen molar-refractivity contribution < 1.29 is 12.8 Å². The van der Waals surface area contributed by atoms with Crippen LogP contribution in [0.5, 0.6) is 0 Å². The average Bonchev–Trinajstić information content (AvgIpc) is 2.77. The summed E-state index contributed by atoms with van der Waals surface area (Å²) in [5, 5.41) is 3.80. The molecule has 108 valence electrons. The lowest BCUT2D eigenvalue weighted by atomic mass is 10.2. The van der Waals surface area contributed by atoms with Crippen molar-refractivity contribution in [1.82, 2.24) is 4.72 Å². The number of aryl methyl sites for hydroxylation is 1. The van der Waals surface area contributed by atoms with Crippen LogP contribution in [0.25, 0.3) is 0 Å². The van der Waals surface area contributed by atoms with Crippen molar-refractivity contribution in [3.63, 3.8) is 0 Å².